The summed E-state index contributed by atoms with van der Waals surface area (Å²) >= 11 is 20.5. The zero-order valence-electron chi connectivity index (χ0n) is 48.4. The van der Waals surface area contributed by atoms with E-state index in [2.05, 4.69) is 201 Å². The van der Waals surface area contributed by atoms with Crippen molar-refractivity contribution in [3.63, 3.8) is 0 Å². The van der Waals surface area contributed by atoms with E-state index in [9.17, 15) is 29.4 Å². The number of carbonyl (C=O) groups excluding carboxylic acids is 4. The van der Waals surface area contributed by atoms with Crippen LogP contribution >= 0.6 is 62.2 Å². The van der Waals surface area contributed by atoms with Gasteiger partial charge >= 0.3 is 17.1 Å². The molecule has 0 spiro atoms. The van der Waals surface area contributed by atoms with Crippen molar-refractivity contribution in [2.24, 2.45) is 10.2 Å². The van der Waals surface area contributed by atoms with Crippen molar-refractivity contribution in [1.29, 1.82) is 0 Å². The molecule has 6 aromatic carbocycles. The van der Waals surface area contributed by atoms with E-state index in [4.69, 9.17) is 66.1 Å². The summed E-state index contributed by atoms with van der Waals surface area (Å²) in [6.45, 7) is 4.00. The van der Waals surface area contributed by atoms with Crippen LogP contribution in [0.3, 0.4) is 0 Å². The largest absolute Gasteiger partial charge is 2.00 e. The van der Waals surface area contributed by atoms with Crippen LogP contribution in [-0.4, -0.2) is 82.2 Å². The fourth-order valence-corrected chi connectivity index (χ4v) is 14.6. The van der Waals surface area contributed by atoms with Gasteiger partial charge in [0, 0.05) is 49.9 Å². The Morgan fingerprint density at radius 3 is 0.967 bits per heavy atom. The number of anilines is 2. The van der Waals surface area contributed by atoms with Crippen molar-refractivity contribution >= 4 is 141 Å². The van der Waals surface area contributed by atoms with Gasteiger partial charge in [-0.3, -0.25) is 30.0 Å². The molecule has 466 valence electrons. The Labute approximate surface area is 559 Å². The second-order valence-corrected chi connectivity index (χ2v) is 25.5. The van der Waals surface area contributed by atoms with Crippen molar-refractivity contribution in [2.45, 2.75) is 25.7 Å². The number of aliphatic hydroxyl groups is 2. The van der Waals surface area contributed by atoms with Gasteiger partial charge < -0.3 is 29.9 Å². The molecular formula is C68H60Cl4FeN6O10P2+2. The zero-order chi connectivity index (χ0) is 64.0. The molecule has 2 aliphatic heterocycles. The fraction of sp³-hybridized carbons (Fsp3) is 0.118. The number of Topliss-reactive ketones (excluding diaryl/α,β-unsaturated/α-hetero) is 4. The molecular weight excluding hydrogens is 1320 g/mol. The van der Waals surface area contributed by atoms with Gasteiger partial charge in [0.25, 0.3) is 0 Å². The number of benzene rings is 6. The summed E-state index contributed by atoms with van der Waals surface area (Å²) < 4.78 is 9.89. The Morgan fingerprint density at radius 2 is 0.692 bits per heavy atom. The number of pyridine rings is 2. The van der Waals surface area contributed by atoms with Crippen molar-refractivity contribution in [1.82, 2.24) is 9.97 Å². The molecule has 2 fully saturated rings. The number of hydrazone groups is 2. The third kappa shape index (κ3) is 21.5. The molecule has 4 aliphatic rings. The molecule has 0 bridgehead atoms. The van der Waals surface area contributed by atoms with Crippen molar-refractivity contribution in [3.8, 4) is 0 Å². The molecule has 4 N–H and O–H groups in total. The molecule has 0 saturated carbocycles. The molecule has 0 radical (unpaired) electrons. The average Bonchev–Trinajstić information content (AvgIpc) is 1.16. The van der Waals surface area contributed by atoms with Gasteiger partial charge in [0.15, 0.2) is 23.1 Å². The van der Waals surface area contributed by atoms with Gasteiger partial charge in [-0.1, -0.05) is 156 Å². The van der Waals surface area contributed by atoms with Gasteiger partial charge in [0.2, 0.25) is 11.6 Å². The topological polar surface area (TPSA) is 248 Å². The van der Waals surface area contributed by atoms with Crippen LogP contribution in [0.2, 0.25) is 0 Å². The monoisotopic (exact) mass is 1380 g/mol. The number of allylic oxidation sites excluding steroid dienone is 4. The van der Waals surface area contributed by atoms with Gasteiger partial charge in [0.1, 0.15) is 53.5 Å². The Kier molecular flexibility index (Phi) is 30.5. The summed E-state index contributed by atoms with van der Waals surface area (Å²) in [4.78, 5) is 51.5. The Bertz CT molecular complexity index is 3400. The number of hydrogen-bond acceptors (Lipinski definition) is 16. The van der Waals surface area contributed by atoms with Crippen LogP contribution in [0.15, 0.2) is 272 Å². The number of nitrogens with zero attached hydrogens (tertiary/aromatic N) is 4. The van der Waals surface area contributed by atoms with E-state index in [0.717, 1.165) is 49.2 Å². The number of ether oxygens (including phenoxy) is 2. The molecule has 2 aliphatic carbocycles. The minimum atomic E-state index is -1.19. The molecule has 0 atom stereocenters. The fourth-order valence-electron chi connectivity index (χ4n) is 8.49. The number of aliphatic hydroxyl groups excluding tert-OH is 2. The van der Waals surface area contributed by atoms with Crippen LogP contribution in [0.4, 0.5) is 11.6 Å². The van der Waals surface area contributed by atoms with E-state index < -0.39 is 82.1 Å². The van der Waals surface area contributed by atoms with Gasteiger partial charge in [-0.15, -0.1) is 0 Å². The summed E-state index contributed by atoms with van der Waals surface area (Å²) in [6, 6.07) is 71.4. The molecule has 2 saturated heterocycles. The summed E-state index contributed by atoms with van der Waals surface area (Å²) in [6.07, 6.45) is 12.4. The number of aromatic nitrogens is 2. The maximum Gasteiger partial charge on any atom is 2.00 e. The van der Waals surface area contributed by atoms with E-state index >= 15 is 0 Å². The summed E-state index contributed by atoms with van der Waals surface area (Å²) in [5, 5.41) is 52.8. The molecule has 0 amide bonds. The first-order valence-electron chi connectivity index (χ1n) is 28.0. The first kappa shape index (κ1) is 71.9. The van der Waals surface area contributed by atoms with Crippen molar-refractivity contribution < 1.29 is 66.1 Å². The van der Waals surface area contributed by atoms with E-state index in [1.54, 1.807) is 12.4 Å². The molecule has 4 heterocycles. The third-order valence-corrected chi connectivity index (χ3v) is 19.9. The maximum absolute atomic E-state index is 10.8. The molecule has 91 heavy (non-hydrogen) atoms. The first-order chi connectivity index (χ1) is 43.8. The maximum atomic E-state index is 10.8. The first-order valence-corrected chi connectivity index (χ1v) is 32.5. The minimum Gasteiger partial charge on any atom is -0.869 e. The number of ketones is 4. The van der Waals surface area contributed by atoms with Crippen molar-refractivity contribution in [2.75, 3.05) is 37.3 Å². The van der Waals surface area contributed by atoms with E-state index in [1.165, 1.54) is 57.5 Å². The average molecular weight is 1380 g/mol. The predicted octanol–water partition coefficient (Wildman–Crippen LogP) is 9.54. The predicted molar refractivity (Wildman–Crippen MR) is 361 cm³/mol. The smallest absolute Gasteiger partial charge is 0.869 e. The summed E-state index contributed by atoms with van der Waals surface area (Å²) in [7, 11) is -2.27. The minimum absolute atomic E-state index is 0. The van der Waals surface area contributed by atoms with Crippen LogP contribution in [0.25, 0.3) is 0 Å². The van der Waals surface area contributed by atoms with Gasteiger partial charge in [-0.05, 0) is 134 Å². The molecule has 2 aromatic heterocycles. The molecule has 12 rings (SSSR count). The van der Waals surface area contributed by atoms with Crippen molar-refractivity contribution in [3.05, 3.63) is 273 Å². The number of halogens is 4. The van der Waals surface area contributed by atoms with Crippen LogP contribution in [0.1, 0.15) is 36.8 Å². The second kappa shape index (κ2) is 38.5. The van der Waals surface area contributed by atoms with Crippen LogP contribution in [0, 0.1) is 0 Å². The van der Waals surface area contributed by atoms with E-state index in [-0.39, 0.29) is 17.1 Å². The number of nitrogens with one attached hydrogen (secondary N) is 2. The van der Waals surface area contributed by atoms with E-state index in [0.29, 0.717) is 0 Å². The SMILES string of the molecule is C(=N\Nc1ccccn1)/c1ccccc1[PH+](c1ccccc1)c1ccccc1.C(=N\Nc1ccccn1)/c1ccccc1[PH+](c1ccccc1)c1ccccc1.C1CCOC1.C1CCOC1.O=C1C(O)=C(Cl)C(=O)C([O-])=C1Cl.O=C1C(O)=C(Cl)C(=O)C([O-])=C1Cl.[Fe+2]. The Balaban J connectivity index is 0.000000193. The number of carbonyl (C=O) groups is 4. The molecule has 23 heteroatoms. The Hall–Kier alpha value is -8.14. The Morgan fingerprint density at radius 1 is 0.407 bits per heavy atom. The van der Waals surface area contributed by atoms with E-state index in [1.807, 2.05) is 48.8 Å². The van der Waals surface area contributed by atoms with Gasteiger partial charge in [-0.25, -0.2) is 9.97 Å². The normalized spacial score (nSPS) is 14.5. The quantitative estimate of drug-likeness (QED) is 0.0293. The second-order valence-electron chi connectivity index (χ2n) is 19.1. The van der Waals surface area contributed by atoms with Crippen LogP contribution < -0.4 is 52.9 Å². The summed E-state index contributed by atoms with van der Waals surface area (Å²) in [5.74, 6) is -7.46. The number of hydrogen-bond donors (Lipinski definition) is 4. The number of rotatable bonds is 12. The molecule has 16 nitrogen and oxygen atoms in total. The van der Waals surface area contributed by atoms with Gasteiger partial charge in [-0.2, -0.15) is 10.2 Å². The molecule has 8 aromatic rings. The van der Waals surface area contributed by atoms with Crippen LogP contribution in [-0.2, 0) is 45.7 Å². The standard InChI is InChI=1S/2C24H20N3P.2C6H2Cl2O4.2C4H8O.Fe/c2*1-3-12-21(13-4-1)28(22-14-5-2-6-15-22)23-16-8-7-11-20(23)19-26-27-24-17-9-10-18-25-24;2*7-1-3(9)5(11)2(8)6(12)4(1)10;2*1-2-4-5-3-1;/h2*1-19H,(H,25,27);2*9,12H;2*1-4H2;/q;;;;;;+2/b2*26-19+;;;;;. The van der Waals surface area contributed by atoms with Gasteiger partial charge in [0.05, 0.1) is 38.3 Å². The summed E-state index contributed by atoms with van der Waals surface area (Å²) in [5.41, 5.74) is 8.25. The van der Waals surface area contributed by atoms with Crippen LogP contribution in [0.5, 0.6) is 0 Å². The zero-order valence-corrected chi connectivity index (χ0v) is 54.5. The third-order valence-electron chi connectivity index (χ3n) is 12.9. The molecule has 0 unspecified atom stereocenters.